The molecule has 0 radical (unpaired) electrons. The highest BCUT2D eigenvalue weighted by atomic mass is 35.5. The van der Waals surface area contributed by atoms with Crippen molar-refractivity contribution in [2.45, 2.75) is 0 Å². The quantitative estimate of drug-likeness (QED) is 0.743. The molecule has 1 heterocycles. The number of H-pyrrole nitrogens is 1. The summed E-state index contributed by atoms with van der Waals surface area (Å²) < 4.78 is 18.2. The van der Waals surface area contributed by atoms with Crippen LogP contribution in [-0.2, 0) is 4.79 Å². The van der Waals surface area contributed by atoms with Crippen LogP contribution < -0.4 is 10.1 Å². The first-order valence-electron chi connectivity index (χ1n) is 6.97. The molecule has 0 fully saturated rings. The number of aromatic amines is 1. The molecule has 8 heteroatoms. The van der Waals surface area contributed by atoms with Crippen molar-refractivity contribution in [1.82, 2.24) is 15.2 Å². The van der Waals surface area contributed by atoms with Crippen LogP contribution in [-0.4, -0.2) is 27.7 Å². The Bertz CT molecular complexity index is 834. The topological polar surface area (TPSA) is 79.9 Å². The van der Waals surface area contributed by atoms with Crippen molar-refractivity contribution >= 4 is 23.5 Å². The summed E-state index contributed by atoms with van der Waals surface area (Å²) in [6.45, 7) is -0.192. The average molecular weight is 347 g/mol. The Labute approximate surface area is 141 Å². The molecular weight excluding hydrogens is 335 g/mol. The van der Waals surface area contributed by atoms with Gasteiger partial charge in [-0.15, -0.1) is 5.10 Å². The van der Waals surface area contributed by atoms with E-state index in [0.717, 1.165) is 0 Å². The number of hydrogen-bond donors (Lipinski definition) is 2. The minimum absolute atomic E-state index is 0.110. The largest absolute Gasteiger partial charge is 0.484 e. The van der Waals surface area contributed by atoms with Crippen LogP contribution in [0.4, 0.5) is 10.3 Å². The standard InChI is InChI=1S/C16H12ClFN4O2/c17-11-3-7-13(8-4-11)24-9-14(23)19-16-20-15(21-22-16)10-1-5-12(18)6-2-10/h1-8H,9H2,(H2,19,20,21,22,23). The maximum atomic E-state index is 12.9. The highest BCUT2D eigenvalue weighted by Gasteiger charge is 2.10. The smallest absolute Gasteiger partial charge is 0.264 e. The van der Waals surface area contributed by atoms with Gasteiger partial charge in [0.25, 0.3) is 5.91 Å². The van der Waals surface area contributed by atoms with E-state index in [2.05, 4.69) is 20.5 Å². The fraction of sp³-hybridized carbons (Fsp3) is 0.0625. The number of rotatable bonds is 5. The van der Waals surface area contributed by atoms with E-state index in [-0.39, 0.29) is 18.4 Å². The molecule has 0 aliphatic carbocycles. The second kappa shape index (κ2) is 7.10. The number of halogens is 2. The van der Waals surface area contributed by atoms with Crippen molar-refractivity contribution < 1.29 is 13.9 Å². The van der Waals surface area contributed by atoms with E-state index in [1.807, 2.05) is 0 Å². The summed E-state index contributed by atoms with van der Waals surface area (Å²) in [5, 5.41) is 9.65. The van der Waals surface area contributed by atoms with Gasteiger partial charge in [0.1, 0.15) is 11.6 Å². The van der Waals surface area contributed by atoms with Gasteiger partial charge < -0.3 is 4.74 Å². The summed E-state index contributed by atoms with van der Waals surface area (Å²) in [4.78, 5) is 16.0. The van der Waals surface area contributed by atoms with Gasteiger partial charge in [0.15, 0.2) is 12.4 Å². The summed E-state index contributed by atoms with van der Waals surface area (Å²) in [5.74, 6) is 0.306. The molecule has 0 saturated carbocycles. The lowest BCUT2D eigenvalue weighted by atomic mass is 10.2. The van der Waals surface area contributed by atoms with Crippen molar-refractivity contribution in [1.29, 1.82) is 0 Å². The lowest BCUT2D eigenvalue weighted by Gasteiger charge is -2.05. The predicted molar refractivity (Wildman–Crippen MR) is 87.4 cm³/mol. The summed E-state index contributed by atoms with van der Waals surface area (Å²) in [6, 6.07) is 12.4. The third kappa shape index (κ3) is 4.08. The van der Waals surface area contributed by atoms with Gasteiger partial charge in [0.2, 0.25) is 5.95 Å². The highest BCUT2D eigenvalue weighted by molar-refractivity contribution is 6.30. The number of carbonyl (C=O) groups is 1. The predicted octanol–water partition coefficient (Wildman–Crippen LogP) is 3.28. The van der Waals surface area contributed by atoms with Gasteiger partial charge in [0.05, 0.1) is 0 Å². The Morgan fingerprint density at radius 2 is 1.88 bits per heavy atom. The van der Waals surface area contributed by atoms with E-state index in [0.29, 0.717) is 22.2 Å². The molecule has 1 aromatic heterocycles. The van der Waals surface area contributed by atoms with Crippen LogP contribution in [0, 0.1) is 5.82 Å². The SMILES string of the molecule is O=C(COc1ccc(Cl)cc1)Nc1n[nH]c(-c2ccc(F)cc2)n1. The molecule has 0 atom stereocenters. The number of aromatic nitrogens is 3. The average Bonchev–Trinajstić information content (AvgIpc) is 3.03. The van der Waals surface area contributed by atoms with E-state index in [4.69, 9.17) is 16.3 Å². The van der Waals surface area contributed by atoms with Gasteiger partial charge in [-0.2, -0.15) is 4.98 Å². The van der Waals surface area contributed by atoms with Crippen LogP contribution in [0.5, 0.6) is 5.75 Å². The first kappa shape index (κ1) is 15.9. The van der Waals surface area contributed by atoms with Crippen LogP contribution in [0.3, 0.4) is 0 Å². The summed E-state index contributed by atoms with van der Waals surface area (Å²) >= 11 is 5.77. The molecule has 3 rings (SSSR count). The zero-order chi connectivity index (χ0) is 16.9. The van der Waals surface area contributed by atoms with Gasteiger partial charge in [-0.1, -0.05) is 11.6 Å². The van der Waals surface area contributed by atoms with Crippen molar-refractivity contribution in [3.05, 3.63) is 59.4 Å². The Kier molecular flexibility index (Phi) is 4.72. The van der Waals surface area contributed by atoms with Gasteiger partial charge in [-0.3, -0.25) is 15.2 Å². The fourth-order valence-corrected chi connectivity index (χ4v) is 2.02. The van der Waals surface area contributed by atoms with Gasteiger partial charge in [-0.25, -0.2) is 4.39 Å². The fourth-order valence-electron chi connectivity index (χ4n) is 1.90. The molecule has 24 heavy (non-hydrogen) atoms. The first-order chi connectivity index (χ1) is 11.6. The maximum Gasteiger partial charge on any atom is 0.264 e. The number of benzene rings is 2. The highest BCUT2D eigenvalue weighted by Crippen LogP contribution is 2.17. The lowest BCUT2D eigenvalue weighted by molar-refractivity contribution is -0.118. The van der Waals surface area contributed by atoms with Crippen LogP contribution in [0.1, 0.15) is 0 Å². The maximum absolute atomic E-state index is 12.9. The van der Waals surface area contributed by atoms with Crippen LogP contribution in [0.2, 0.25) is 5.02 Å². The Hall–Kier alpha value is -2.93. The molecule has 122 valence electrons. The van der Waals surface area contributed by atoms with Crippen LogP contribution in [0.25, 0.3) is 11.4 Å². The van der Waals surface area contributed by atoms with Crippen molar-refractivity contribution in [2.75, 3.05) is 11.9 Å². The van der Waals surface area contributed by atoms with E-state index in [1.54, 1.807) is 36.4 Å². The number of nitrogens with one attached hydrogen (secondary N) is 2. The molecule has 0 spiro atoms. The summed E-state index contributed by atoms with van der Waals surface area (Å²) in [7, 11) is 0. The number of amides is 1. The number of hydrogen-bond acceptors (Lipinski definition) is 4. The summed E-state index contributed by atoms with van der Waals surface area (Å²) in [6.07, 6.45) is 0. The minimum Gasteiger partial charge on any atom is -0.484 e. The number of anilines is 1. The number of carbonyl (C=O) groups excluding carboxylic acids is 1. The van der Waals surface area contributed by atoms with Crippen LogP contribution >= 0.6 is 11.6 Å². The van der Waals surface area contributed by atoms with Crippen molar-refractivity contribution in [3.63, 3.8) is 0 Å². The zero-order valence-electron chi connectivity index (χ0n) is 12.3. The molecular formula is C16H12ClFN4O2. The summed E-state index contributed by atoms with van der Waals surface area (Å²) in [5.41, 5.74) is 0.654. The van der Waals surface area contributed by atoms with Gasteiger partial charge in [-0.05, 0) is 48.5 Å². The van der Waals surface area contributed by atoms with E-state index < -0.39 is 5.91 Å². The molecule has 0 aliphatic heterocycles. The second-order valence-corrected chi connectivity index (χ2v) is 5.24. The number of ether oxygens (including phenoxy) is 1. The Balaban J connectivity index is 1.57. The third-order valence-corrected chi connectivity index (χ3v) is 3.29. The molecule has 0 unspecified atom stereocenters. The molecule has 1 amide bonds. The molecule has 0 aliphatic rings. The van der Waals surface area contributed by atoms with E-state index in [1.165, 1.54) is 12.1 Å². The van der Waals surface area contributed by atoms with Crippen molar-refractivity contribution in [2.24, 2.45) is 0 Å². The van der Waals surface area contributed by atoms with Crippen LogP contribution in [0.15, 0.2) is 48.5 Å². The normalized spacial score (nSPS) is 10.4. The minimum atomic E-state index is -0.408. The number of nitrogens with zero attached hydrogens (tertiary/aromatic N) is 2. The van der Waals surface area contributed by atoms with E-state index in [9.17, 15) is 9.18 Å². The first-order valence-corrected chi connectivity index (χ1v) is 7.34. The molecule has 2 N–H and O–H groups in total. The Morgan fingerprint density at radius 3 is 2.58 bits per heavy atom. The molecule has 6 nitrogen and oxygen atoms in total. The third-order valence-electron chi connectivity index (χ3n) is 3.04. The Morgan fingerprint density at radius 1 is 1.17 bits per heavy atom. The molecule has 0 saturated heterocycles. The molecule has 3 aromatic rings. The van der Waals surface area contributed by atoms with Gasteiger partial charge >= 0.3 is 0 Å². The monoisotopic (exact) mass is 346 g/mol. The molecule has 0 bridgehead atoms. The lowest BCUT2D eigenvalue weighted by Crippen LogP contribution is -2.20. The van der Waals surface area contributed by atoms with E-state index >= 15 is 0 Å². The second-order valence-electron chi connectivity index (χ2n) is 4.81. The van der Waals surface area contributed by atoms with Gasteiger partial charge in [0, 0.05) is 10.6 Å². The van der Waals surface area contributed by atoms with Crippen molar-refractivity contribution in [3.8, 4) is 17.1 Å². The zero-order valence-corrected chi connectivity index (χ0v) is 13.0. The molecule has 2 aromatic carbocycles.